The molecule has 4 nitrogen and oxygen atoms in total. The summed E-state index contributed by atoms with van der Waals surface area (Å²) in [6.45, 7) is 3.20. The van der Waals surface area contributed by atoms with E-state index in [0.717, 1.165) is 43.6 Å². The first-order chi connectivity index (χ1) is 9.24. The Labute approximate surface area is 113 Å². The fraction of sp³-hybridized carbons (Fsp3) is 0.467. The van der Waals surface area contributed by atoms with Gasteiger partial charge >= 0.3 is 0 Å². The monoisotopic (exact) mass is 258 g/mol. The summed E-state index contributed by atoms with van der Waals surface area (Å²) < 4.78 is 0. The number of amides is 2. The fourth-order valence-corrected chi connectivity index (χ4v) is 2.60. The van der Waals surface area contributed by atoms with Crippen molar-refractivity contribution < 1.29 is 9.59 Å². The van der Waals surface area contributed by atoms with E-state index in [0.29, 0.717) is 13.0 Å². The summed E-state index contributed by atoms with van der Waals surface area (Å²) in [4.78, 5) is 27.5. The molecule has 100 valence electrons. The highest BCUT2D eigenvalue weighted by Crippen LogP contribution is 2.17. The molecular weight excluding hydrogens is 240 g/mol. The Morgan fingerprint density at radius 3 is 2.63 bits per heavy atom. The lowest BCUT2D eigenvalue weighted by Gasteiger charge is -2.31. The summed E-state index contributed by atoms with van der Waals surface area (Å²) in [5.74, 6) is 0.334. The second kappa shape index (κ2) is 5.03. The van der Waals surface area contributed by atoms with Gasteiger partial charge in [0.25, 0.3) is 5.91 Å². The summed E-state index contributed by atoms with van der Waals surface area (Å²) in [6.07, 6.45) is 2.71. The predicted molar refractivity (Wildman–Crippen MR) is 71.6 cm³/mol. The normalized spacial score (nSPS) is 18.6. The van der Waals surface area contributed by atoms with Crippen molar-refractivity contribution in [1.29, 1.82) is 0 Å². The van der Waals surface area contributed by atoms with Crippen molar-refractivity contribution in [2.75, 3.05) is 19.6 Å². The van der Waals surface area contributed by atoms with Crippen LogP contribution in [0.5, 0.6) is 0 Å². The van der Waals surface area contributed by atoms with E-state index in [1.165, 1.54) is 0 Å². The number of carbonyl (C=O) groups excluding carboxylic acids is 2. The summed E-state index contributed by atoms with van der Waals surface area (Å²) in [5, 5.41) is 0. The standard InChI is InChI=1S/C15H18N2O2/c18-14-6-2-7-17(14)11-12-4-1-5-13(10-12)15(19)16-8-3-9-16/h1,4-5,10H,2-3,6-9,11H2. The lowest BCUT2D eigenvalue weighted by molar-refractivity contribution is -0.128. The second-order valence-corrected chi connectivity index (χ2v) is 5.26. The van der Waals surface area contributed by atoms with Crippen molar-refractivity contribution in [3.8, 4) is 0 Å². The van der Waals surface area contributed by atoms with Crippen LogP contribution >= 0.6 is 0 Å². The Kier molecular flexibility index (Phi) is 3.23. The maximum Gasteiger partial charge on any atom is 0.253 e. The highest BCUT2D eigenvalue weighted by Gasteiger charge is 2.23. The molecule has 2 saturated heterocycles. The quantitative estimate of drug-likeness (QED) is 0.827. The molecule has 1 aromatic rings. The summed E-state index contributed by atoms with van der Waals surface area (Å²) in [7, 11) is 0. The maximum atomic E-state index is 12.1. The highest BCUT2D eigenvalue weighted by molar-refractivity contribution is 5.94. The van der Waals surface area contributed by atoms with Gasteiger partial charge in [-0.3, -0.25) is 9.59 Å². The van der Waals surface area contributed by atoms with E-state index in [9.17, 15) is 9.59 Å². The molecular formula is C15H18N2O2. The first-order valence-corrected chi connectivity index (χ1v) is 6.90. The lowest BCUT2D eigenvalue weighted by atomic mass is 10.1. The molecule has 3 rings (SSSR count). The van der Waals surface area contributed by atoms with Crippen LogP contribution < -0.4 is 0 Å². The van der Waals surface area contributed by atoms with E-state index in [2.05, 4.69) is 0 Å². The third-order valence-corrected chi connectivity index (χ3v) is 3.86. The number of hydrogen-bond donors (Lipinski definition) is 0. The number of likely N-dealkylation sites (tertiary alicyclic amines) is 2. The Bertz CT molecular complexity index is 509. The molecule has 0 atom stereocenters. The Morgan fingerprint density at radius 1 is 1.16 bits per heavy atom. The zero-order valence-electron chi connectivity index (χ0n) is 11.0. The van der Waals surface area contributed by atoms with Crippen molar-refractivity contribution in [3.63, 3.8) is 0 Å². The summed E-state index contributed by atoms with van der Waals surface area (Å²) >= 11 is 0. The molecule has 0 saturated carbocycles. The number of benzene rings is 1. The van der Waals surface area contributed by atoms with Crippen molar-refractivity contribution in [2.24, 2.45) is 0 Å². The highest BCUT2D eigenvalue weighted by atomic mass is 16.2. The molecule has 1 aromatic carbocycles. The molecule has 2 aliphatic rings. The van der Waals surface area contributed by atoms with Gasteiger partial charge in [-0.25, -0.2) is 0 Å². The molecule has 2 aliphatic heterocycles. The molecule has 0 radical (unpaired) electrons. The van der Waals surface area contributed by atoms with Gasteiger partial charge in [-0.05, 0) is 30.5 Å². The molecule has 2 amide bonds. The molecule has 0 N–H and O–H groups in total. The largest absolute Gasteiger partial charge is 0.339 e. The van der Waals surface area contributed by atoms with E-state index >= 15 is 0 Å². The number of rotatable bonds is 3. The fourth-order valence-electron chi connectivity index (χ4n) is 2.60. The van der Waals surface area contributed by atoms with Gasteiger partial charge in [0.15, 0.2) is 0 Å². The van der Waals surface area contributed by atoms with Crippen LogP contribution in [0.4, 0.5) is 0 Å². The molecule has 2 fully saturated rings. The van der Waals surface area contributed by atoms with Gasteiger partial charge in [0.05, 0.1) is 0 Å². The van der Waals surface area contributed by atoms with Crippen LogP contribution in [-0.2, 0) is 11.3 Å². The number of carbonyl (C=O) groups is 2. The Hall–Kier alpha value is -1.84. The summed E-state index contributed by atoms with van der Waals surface area (Å²) in [6, 6.07) is 7.67. The van der Waals surface area contributed by atoms with Crippen LogP contribution in [0, 0.1) is 0 Å². The van der Waals surface area contributed by atoms with E-state index in [1.807, 2.05) is 34.1 Å². The molecule has 0 bridgehead atoms. The topological polar surface area (TPSA) is 40.6 Å². The smallest absolute Gasteiger partial charge is 0.253 e. The first kappa shape index (κ1) is 12.2. The minimum absolute atomic E-state index is 0.112. The second-order valence-electron chi connectivity index (χ2n) is 5.26. The molecule has 19 heavy (non-hydrogen) atoms. The zero-order valence-corrected chi connectivity index (χ0v) is 11.0. The van der Waals surface area contributed by atoms with Crippen molar-refractivity contribution >= 4 is 11.8 Å². The first-order valence-electron chi connectivity index (χ1n) is 6.90. The van der Waals surface area contributed by atoms with Crippen LogP contribution in [0.2, 0.25) is 0 Å². The van der Waals surface area contributed by atoms with Crippen molar-refractivity contribution in [2.45, 2.75) is 25.8 Å². The van der Waals surface area contributed by atoms with Gasteiger partial charge in [-0.1, -0.05) is 12.1 Å². The molecule has 0 aliphatic carbocycles. The van der Waals surface area contributed by atoms with Gasteiger partial charge in [-0.15, -0.1) is 0 Å². The van der Waals surface area contributed by atoms with E-state index in [1.54, 1.807) is 0 Å². The third-order valence-electron chi connectivity index (χ3n) is 3.86. The average molecular weight is 258 g/mol. The SMILES string of the molecule is O=C1CCCN1Cc1cccc(C(=O)N2CCC2)c1. The minimum atomic E-state index is 0.112. The maximum absolute atomic E-state index is 12.1. The zero-order chi connectivity index (χ0) is 13.2. The van der Waals surface area contributed by atoms with Gasteiger partial charge in [0.1, 0.15) is 0 Å². The van der Waals surface area contributed by atoms with E-state index in [4.69, 9.17) is 0 Å². The average Bonchev–Trinajstić information content (AvgIpc) is 2.73. The third kappa shape index (κ3) is 2.48. The van der Waals surface area contributed by atoms with Gasteiger partial charge in [0, 0.05) is 38.2 Å². The Morgan fingerprint density at radius 2 is 2.00 bits per heavy atom. The van der Waals surface area contributed by atoms with Crippen LogP contribution in [0.15, 0.2) is 24.3 Å². The predicted octanol–water partition coefficient (Wildman–Crippen LogP) is 1.65. The molecule has 0 aromatic heterocycles. The van der Waals surface area contributed by atoms with Crippen LogP contribution in [0.1, 0.15) is 35.2 Å². The van der Waals surface area contributed by atoms with E-state index in [-0.39, 0.29) is 11.8 Å². The van der Waals surface area contributed by atoms with Gasteiger partial charge in [-0.2, -0.15) is 0 Å². The van der Waals surface area contributed by atoms with Gasteiger partial charge in [0.2, 0.25) is 5.91 Å². The summed E-state index contributed by atoms with van der Waals surface area (Å²) in [5.41, 5.74) is 1.78. The molecule has 0 spiro atoms. The van der Waals surface area contributed by atoms with Crippen LogP contribution in [0.3, 0.4) is 0 Å². The van der Waals surface area contributed by atoms with Crippen molar-refractivity contribution in [3.05, 3.63) is 35.4 Å². The van der Waals surface area contributed by atoms with Gasteiger partial charge < -0.3 is 9.80 Å². The number of hydrogen-bond acceptors (Lipinski definition) is 2. The van der Waals surface area contributed by atoms with Crippen molar-refractivity contribution in [1.82, 2.24) is 9.80 Å². The van der Waals surface area contributed by atoms with E-state index < -0.39 is 0 Å². The molecule has 2 heterocycles. The molecule has 4 heteroatoms. The molecule has 0 unspecified atom stereocenters. The van der Waals surface area contributed by atoms with Crippen LogP contribution in [-0.4, -0.2) is 41.2 Å². The minimum Gasteiger partial charge on any atom is -0.339 e. The lowest BCUT2D eigenvalue weighted by Crippen LogP contribution is -2.42. The number of nitrogens with zero attached hydrogens (tertiary/aromatic N) is 2. The van der Waals surface area contributed by atoms with Crippen LogP contribution in [0.25, 0.3) is 0 Å². The Balaban J connectivity index is 1.72.